The van der Waals surface area contributed by atoms with Gasteiger partial charge in [-0.25, -0.2) is 4.98 Å². The first-order chi connectivity index (χ1) is 9.19. The summed E-state index contributed by atoms with van der Waals surface area (Å²) in [7, 11) is 1.64. The van der Waals surface area contributed by atoms with E-state index in [1.54, 1.807) is 13.3 Å². The second-order valence-corrected chi connectivity index (χ2v) is 5.31. The monoisotopic (exact) mass is 294 g/mol. The summed E-state index contributed by atoms with van der Waals surface area (Å²) < 4.78 is 10.7. The van der Waals surface area contributed by atoms with Gasteiger partial charge in [0, 0.05) is 12.6 Å². The van der Waals surface area contributed by atoms with Crippen molar-refractivity contribution in [2.24, 2.45) is 5.73 Å². The van der Waals surface area contributed by atoms with Gasteiger partial charge in [-0.2, -0.15) is 0 Å². The van der Waals surface area contributed by atoms with Crippen molar-refractivity contribution < 1.29 is 9.47 Å². The number of aromatic nitrogens is 1. The molecule has 0 aliphatic carbocycles. The summed E-state index contributed by atoms with van der Waals surface area (Å²) in [6.07, 6.45) is 2.44. The van der Waals surface area contributed by atoms with Gasteiger partial charge in [0.2, 0.25) is 0 Å². The Morgan fingerprint density at radius 1 is 1.32 bits per heavy atom. The van der Waals surface area contributed by atoms with Crippen molar-refractivity contribution in [1.29, 1.82) is 0 Å². The molecule has 0 aliphatic heterocycles. The Bertz CT molecular complexity index is 552. The second-order valence-electron chi connectivity index (χ2n) is 3.76. The zero-order valence-corrected chi connectivity index (χ0v) is 12.1. The summed E-state index contributed by atoms with van der Waals surface area (Å²) in [6.45, 7) is 0.566. The summed E-state index contributed by atoms with van der Waals surface area (Å²) >= 11 is 6.40. The highest BCUT2D eigenvalue weighted by Crippen LogP contribution is 2.18. The number of rotatable bonds is 6. The molecule has 0 fully saturated rings. The topological polar surface area (TPSA) is 57.4 Å². The summed E-state index contributed by atoms with van der Waals surface area (Å²) in [4.78, 5) is 5.48. The normalized spacial score (nSPS) is 10.2. The molecule has 0 saturated heterocycles. The van der Waals surface area contributed by atoms with Crippen molar-refractivity contribution in [2.75, 3.05) is 13.7 Å². The molecule has 4 nitrogen and oxygen atoms in total. The van der Waals surface area contributed by atoms with Crippen LogP contribution >= 0.6 is 23.6 Å². The number of thiocarbonyl (C=S) groups is 1. The Kier molecular flexibility index (Phi) is 4.70. The molecule has 1 heterocycles. The van der Waals surface area contributed by atoms with Crippen LogP contribution in [0.4, 0.5) is 0 Å². The number of nitrogens with zero attached hydrogens (tertiary/aromatic N) is 1. The van der Waals surface area contributed by atoms with Crippen molar-refractivity contribution in [3.05, 3.63) is 40.3 Å². The van der Waals surface area contributed by atoms with Gasteiger partial charge in [-0.15, -0.1) is 11.3 Å². The predicted octanol–water partition coefficient (Wildman–Crippen LogP) is 2.41. The summed E-state index contributed by atoms with van der Waals surface area (Å²) in [5, 5.41) is 0.969. The van der Waals surface area contributed by atoms with Crippen molar-refractivity contribution in [3.8, 4) is 11.5 Å². The molecule has 100 valence electrons. The van der Waals surface area contributed by atoms with E-state index in [0.717, 1.165) is 27.8 Å². The van der Waals surface area contributed by atoms with Gasteiger partial charge < -0.3 is 15.2 Å². The fraction of sp³-hybridized carbons (Fsp3) is 0.231. The first kappa shape index (κ1) is 13.8. The number of hydrogen-bond acceptors (Lipinski definition) is 5. The van der Waals surface area contributed by atoms with Gasteiger partial charge >= 0.3 is 0 Å². The largest absolute Gasteiger partial charge is 0.497 e. The van der Waals surface area contributed by atoms with Crippen LogP contribution in [0.1, 0.15) is 9.88 Å². The van der Waals surface area contributed by atoms with E-state index in [-0.39, 0.29) is 0 Å². The van der Waals surface area contributed by atoms with Crippen LogP contribution in [0.25, 0.3) is 0 Å². The lowest BCUT2D eigenvalue weighted by Crippen LogP contribution is -2.06. The average molecular weight is 294 g/mol. The molecule has 0 saturated carbocycles. The van der Waals surface area contributed by atoms with Crippen LogP contribution < -0.4 is 15.2 Å². The van der Waals surface area contributed by atoms with E-state index in [1.165, 1.54) is 11.3 Å². The highest BCUT2D eigenvalue weighted by molar-refractivity contribution is 7.81. The molecule has 0 bridgehead atoms. The van der Waals surface area contributed by atoms with Crippen LogP contribution in [0, 0.1) is 0 Å². The van der Waals surface area contributed by atoms with Gasteiger partial charge in [0.1, 0.15) is 16.5 Å². The minimum atomic E-state index is 0.389. The summed E-state index contributed by atoms with van der Waals surface area (Å²) in [5.41, 5.74) is 5.53. The zero-order chi connectivity index (χ0) is 13.7. The third kappa shape index (κ3) is 3.90. The molecule has 0 unspecified atom stereocenters. The molecule has 0 atom stereocenters. The van der Waals surface area contributed by atoms with E-state index in [0.29, 0.717) is 11.6 Å². The lowest BCUT2D eigenvalue weighted by Gasteiger charge is -2.05. The lowest BCUT2D eigenvalue weighted by atomic mass is 10.3. The quantitative estimate of drug-likeness (QED) is 0.829. The Morgan fingerprint density at radius 2 is 2.00 bits per heavy atom. The fourth-order valence-corrected chi connectivity index (χ4v) is 2.40. The van der Waals surface area contributed by atoms with Crippen molar-refractivity contribution in [1.82, 2.24) is 4.98 Å². The van der Waals surface area contributed by atoms with Crippen LogP contribution in [0.15, 0.2) is 30.5 Å². The van der Waals surface area contributed by atoms with E-state index in [1.807, 2.05) is 24.3 Å². The van der Waals surface area contributed by atoms with Gasteiger partial charge in [-0.05, 0) is 24.3 Å². The zero-order valence-electron chi connectivity index (χ0n) is 10.5. The third-order valence-corrected chi connectivity index (χ3v) is 3.88. The van der Waals surface area contributed by atoms with Gasteiger partial charge in [0.25, 0.3) is 0 Å². The molecule has 6 heteroatoms. The molecule has 1 aromatic heterocycles. The van der Waals surface area contributed by atoms with E-state index >= 15 is 0 Å². The molecule has 19 heavy (non-hydrogen) atoms. The van der Waals surface area contributed by atoms with E-state index in [2.05, 4.69) is 4.98 Å². The molecule has 2 rings (SSSR count). The number of nitrogens with two attached hydrogens (primary N) is 1. The fourth-order valence-electron chi connectivity index (χ4n) is 1.47. The number of methoxy groups -OCH3 is 1. The van der Waals surface area contributed by atoms with Gasteiger partial charge in [-0.1, -0.05) is 12.2 Å². The van der Waals surface area contributed by atoms with E-state index < -0.39 is 0 Å². The second kappa shape index (κ2) is 6.49. The smallest absolute Gasteiger partial charge is 0.119 e. The van der Waals surface area contributed by atoms with Crippen LogP contribution in [0.3, 0.4) is 0 Å². The van der Waals surface area contributed by atoms with E-state index in [9.17, 15) is 0 Å². The SMILES string of the molecule is COc1ccc(OCCc2ncc(C(N)=S)s2)cc1. The maximum Gasteiger partial charge on any atom is 0.119 e. The number of hydrogen-bond donors (Lipinski definition) is 1. The lowest BCUT2D eigenvalue weighted by molar-refractivity contribution is 0.321. The average Bonchev–Trinajstić information content (AvgIpc) is 2.89. The molecule has 0 spiro atoms. The van der Waals surface area contributed by atoms with Gasteiger partial charge in [-0.3, -0.25) is 0 Å². The van der Waals surface area contributed by atoms with Crippen LogP contribution in [0.5, 0.6) is 11.5 Å². The van der Waals surface area contributed by atoms with Crippen LogP contribution in [-0.4, -0.2) is 23.7 Å². The van der Waals surface area contributed by atoms with Crippen molar-refractivity contribution in [2.45, 2.75) is 6.42 Å². The number of benzene rings is 1. The molecule has 0 radical (unpaired) electrons. The Balaban J connectivity index is 1.83. The Hall–Kier alpha value is -1.66. The molecule has 0 amide bonds. The molecule has 2 aromatic rings. The Labute approximate surface area is 121 Å². The molecule has 1 aromatic carbocycles. The first-order valence-electron chi connectivity index (χ1n) is 5.70. The standard InChI is InChI=1S/C13H14N2O2S2/c1-16-9-2-4-10(5-3-9)17-7-6-12-15-8-11(19-12)13(14)18/h2-5,8H,6-7H2,1H3,(H2,14,18). The maximum absolute atomic E-state index is 5.63. The summed E-state index contributed by atoms with van der Waals surface area (Å²) in [5.74, 6) is 1.63. The Morgan fingerprint density at radius 3 is 2.58 bits per heavy atom. The van der Waals surface area contributed by atoms with Gasteiger partial charge in [0.05, 0.1) is 23.6 Å². The predicted molar refractivity (Wildman–Crippen MR) is 80.2 cm³/mol. The van der Waals surface area contributed by atoms with E-state index in [4.69, 9.17) is 27.4 Å². The first-order valence-corrected chi connectivity index (χ1v) is 6.93. The highest BCUT2D eigenvalue weighted by Gasteiger charge is 2.04. The van der Waals surface area contributed by atoms with Crippen molar-refractivity contribution >= 4 is 28.5 Å². The molecular formula is C13H14N2O2S2. The third-order valence-electron chi connectivity index (χ3n) is 2.44. The highest BCUT2D eigenvalue weighted by atomic mass is 32.1. The maximum atomic E-state index is 5.63. The van der Waals surface area contributed by atoms with Crippen molar-refractivity contribution in [3.63, 3.8) is 0 Å². The number of thiazole rings is 1. The molecule has 0 aliphatic rings. The van der Waals surface area contributed by atoms with Crippen LogP contribution in [0.2, 0.25) is 0 Å². The minimum Gasteiger partial charge on any atom is -0.497 e. The van der Waals surface area contributed by atoms with Gasteiger partial charge in [0.15, 0.2) is 0 Å². The number of ether oxygens (including phenoxy) is 2. The summed E-state index contributed by atoms with van der Waals surface area (Å²) in [6, 6.07) is 7.48. The minimum absolute atomic E-state index is 0.389. The van der Waals surface area contributed by atoms with Crippen LogP contribution in [-0.2, 0) is 6.42 Å². The molecular weight excluding hydrogens is 280 g/mol. The molecule has 2 N–H and O–H groups in total.